The molecule has 1 heterocycles. The molecular weight excluding hydrogens is 344 g/mol. The maximum atomic E-state index is 11.9. The van der Waals surface area contributed by atoms with Crippen LogP contribution in [0.5, 0.6) is 0 Å². The Bertz CT molecular complexity index is 594. The molecule has 1 atom stereocenters. The number of carbonyl (C=O) groups excluding carboxylic acids is 2. The first-order valence-electron chi connectivity index (χ1n) is 5.55. The number of halogens is 3. The van der Waals surface area contributed by atoms with E-state index in [9.17, 15) is 14.4 Å². The van der Waals surface area contributed by atoms with Crippen LogP contribution in [0.2, 0.25) is 15.1 Å². The maximum absolute atomic E-state index is 11.9. The summed E-state index contributed by atoms with van der Waals surface area (Å²) in [5, 5.41) is 11.0. The highest BCUT2D eigenvalue weighted by atomic mass is 35.5. The highest BCUT2D eigenvalue weighted by Gasteiger charge is 2.24. The third kappa shape index (κ3) is 4.73. The van der Waals surface area contributed by atoms with Crippen molar-refractivity contribution < 1.29 is 19.5 Å². The molecule has 0 aromatic carbocycles. The highest BCUT2D eigenvalue weighted by molar-refractivity contribution is 6.48. The number of amides is 2. The Balaban J connectivity index is 2.90. The van der Waals surface area contributed by atoms with Crippen LogP contribution in [-0.4, -0.2) is 33.9 Å². The molecule has 0 saturated heterocycles. The topological polar surface area (TPSA) is 122 Å². The SMILES string of the molecule is NC(=O)CC[C@@H](NC(=O)c1ncc(Cl)c(Cl)c1Cl)C(=O)O. The molecule has 2 amide bonds. The van der Waals surface area contributed by atoms with Gasteiger partial charge >= 0.3 is 5.97 Å². The van der Waals surface area contributed by atoms with Crippen molar-refractivity contribution in [3.63, 3.8) is 0 Å². The van der Waals surface area contributed by atoms with Crippen LogP contribution in [0.1, 0.15) is 23.3 Å². The molecule has 1 aromatic heterocycles. The fourth-order valence-corrected chi connectivity index (χ4v) is 1.94. The minimum Gasteiger partial charge on any atom is -0.480 e. The Labute approximate surface area is 134 Å². The van der Waals surface area contributed by atoms with Crippen molar-refractivity contribution in [2.75, 3.05) is 0 Å². The predicted molar refractivity (Wildman–Crippen MR) is 76.6 cm³/mol. The van der Waals surface area contributed by atoms with Gasteiger partial charge in [0.2, 0.25) is 5.91 Å². The summed E-state index contributed by atoms with van der Waals surface area (Å²) in [6, 6.07) is -1.31. The summed E-state index contributed by atoms with van der Waals surface area (Å²) in [5.74, 6) is -2.85. The number of nitrogens with two attached hydrogens (primary N) is 1. The van der Waals surface area contributed by atoms with Crippen LogP contribution in [0.25, 0.3) is 0 Å². The molecule has 0 aliphatic carbocycles. The zero-order valence-corrected chi connectivity index (χ0v) is 12.7. The first-order valence-corrected chi connectivity index (χ1v) is 6.69. The first kappa shape index (κ1) is 17.5. The van der Waals surface area contributed by atoms with Gasteiger partial charge in [0.05, 0.1) is 15.1 Å². The molecular formula is C11H10Cl3N3O4. The van der Waals surface area contributed by atoms with Gasteiger partial charge in [-0.15, -0.1) is 0 Å². The van der Waals surface area contributed by atoms with Crippen molar-refractivity contribution in [3.8, 4) is 0 Å². The lowest BCUT2D eigenvalue weighted by atomic mass is 10.1. The summed E-state index contributed by atoms with van der Waals surface area (Å²) in [6.45, 7) is 0. The van der Waals surface area contributed by atoms with E-state index in [0.717, 1.165) is 6.20 Å². The van der Waals surface area contributed by atoms with Gasteiger partial charge in [-0.1, -0.05) is 34.8 Å². The van der Waals surface area contributed by atoms with Crippen LogP contribution >= 0.6 is 34.8 Å². The number of primary amides is 1. The lowest BCUT2D eigenvalue weighted by molar-refractivity contribution is -0.139. The third-order valence-corrected chi connectivity index (χ3v) is 3.66. The fraction of sp³-hybridized carbons (Fsp3) is 0.273. The van der Waals surface area contributed by atoms with Crippen molar-refractivity contribution >= 4 is 52.6 Å². The molecule has 0 unspecified atom stereocenters. The summed E-state index contributed by atoms with van der Waals surface area (Å²) < 4.78 is 0. The van der Waals surface area contributed by atoms with Crippen molar-refractivity contribution in [2.24, 2.45) is 5.73 Å². The van der Waals surface area contributed by atoms with Crippen LogP contribution in [0.4, 0.5) is 0 Å². The molecule has 0 spiro atoms. The first-order chi connectivity index (χ1) is 9.73. The van der Waals surface area contributed by atoms with Crippen LogP contribution < -0.4 is 11.1 Å². The van der Waals surface area contributed by atoms with Crippen molar-refractivity contribution in [3.05, 3.63) is 27.0 Å². The van der Waals surface area contributed by atoms with Crippen LogP contribution in [-0.2, 0) is 9.59 Å². The van der Waals surface area contributed by atoms with E-state index in [2.05, 4.69) is 10.3 Å². The fourth-order valence-electron chi connectivity index (χ4n) is 1.37. The molecule has 10 heteroatoms. The van der Waals surface area contributed by atoms with Crippen molar-refractivity contribution in [2.45, 2.75) is 18.9 Å². The van der Waals surface area contributed by atoms with E-state index in [4.69, 9.17) is 45.6 Å². The molecule has 7 nitrogen and oxygen atoms in total. The van der Waals surface area contributed by atoms with Gasteiger partial charge in [-0.05, 0) is 6.42 Å². The van der Waals surface area contributed by atoms with Gasteiger partial charge in [0.25, 0.3) is 5.91 Å². The molecule has 0 aliphatic heterocycles. The number of hydrogen-bond donors (Lipinski definition) is 3. The minimum absolute atomic E-state index is 0.0572. The number of rotatable bonds is 6. The summed E-state index contributed by atoms with van der Waals surface area (Å²) in [4.78, 5) is 37.3. The number of pyridine rings is 1. The molecule has 21 heavy (non-hydrogen) atoms. The summed E-state index contributed by atoms with van der Waals surface area (Å²) >= 11 is 17.3. The second kappa shape index (κ2) is 7.44. The maximum Gasteiger partial charge on any atom is 0.326 e. The van der Waals surface area contributed by atoms with Crippen molar-refractivity contribution in [1.29, 1.82) is 0 Å². The van der Waals surface area contributed by atoms with E-state index in [0.29, 0.717) is 0 Å². The summed E-state index contributed by atoms with van der Waals surface area (Å²) in [7, 11) is 0. The Morgan fingerprint density at radius 1 is 1.29 bits per heavy atom. The van der Waals surface area contributed by atoms with Crippen LogP contribution in [0.15, 0.2) is 6.20 Å². The number of aromatic nitrogens is 1. The van der Waals surface area contributed by atoms with Crippen LogP contribution in [0.3, 0.4) is 0 Å². The van der Waals surface area contributed by atoms with E-state index in [1.54, 1.807) is 0 Å². The van der Waals surface area contributed by atoms with Gasteiger partial charge in [-0.25, -0.2) is 9.78 Å². The van der Waals surface area contributed by atoms with Gasteiger partial charge in [0, 0.05) is 12.6 Å². The molecule has 1 aromatic rings. The monoisotopic (exact) mass is 353 g/mol. The smallest absolute Gasteiger partial charge is 0.326 e. The second-order valence-corrected chi connectivity index (χ2v) is 5.12. The van der Waals surface area contributed by atoms with Gasteiger partial charge in [0.1, 0.15) is 11.7 Å². The average Bonchev–Trinajstić information content (AvgIpc) is 2.40. The minimum atomic E-state index is -1.32. The van der Waals surface area contributed by atoms with E-state index in [-0.39, 0.29) is 33.6 Å². The van der Waals surface area contributed by atoms with Gasteiger partial charge in [0.15, 0.2) is 0 Å². The van der Waals surface area contributed by atoms with E-state index < -0.39 is 23.8 Å². The number of hydrogen-bond acceptors (Lipinski definition) is 4. The van der Waals surface area contributed by atoms with Crippen LogP contribution in [0, 0.1) is 0 Å². The number of carbonyl (C=O) groups is 3. The van der Waals surface area contributed by atoms with Gasteiger partial charge < -0.3 is 16.2 Å². The molecule has 1 rings (SSSR count). The average molecular weight is 355 g/mol. The molecule has 0 radical (unpaired) electrons. The zero-order valence-electron chi connectivity index (χ0n) is 10.4. The van der Waals surface area contributed by atoms with E-state index in [1.807, 2.05) is 0 Å². The highest BCUT2D eigenvalue weighted by Crippen LogP contribution is 2.31. The lowest BCUT2D eigenvalue weighted by Gasteiger charge is -2.14. The second-order valence-electron chi connectivity index (χ2n) is 3.95. The number of aliphatic carboxylic acids is 1. The largest absolute Gasteiger partial charge is 0.480 e. The Kier molecular flexibility index (Phi) is 6.19. The number of carboxylic acid groups (broad SMARTS) is 1. The summed E-state index contributed by atoms with van der Waals surface area (Å²) in [5.41, 5.74) is 4.67. The Morgan fingerprint density at radius 2 is 1.90 bits per heavy atom. The van der Waals surface area contributed by atoms with Gasteiger partial charge in [-0.3, -0.25) is 9.59 Å². The summed E-state index contributed by atoms with van der Waals surface area (Å²) in [6.07, 6.45) is 0.763. The molecule has 0 bridgehead atoms. The van der Waals surface area contributed by atoms with E-state index >= 15 is 0 Å². The number of nitrogens with one attached hydrogen (secondary N) is 1. The molecule has 0 aliphatic rings. The standard InChI is InChI=1S/C11H10Cl3N3O4/c12-4-3-16-9(8(14)7(4)13)10(19)17-5(11(20)21)1-2-6(15)18/h3,5H,1-2H2,(H2,15,18)(H,17,19)(H,20,21)/t5-/m1/s1. The zero-order chi connectivity index (χ0) is 16.2. The number of nitrogens with zero attached hydrogens (tertiary/aromatic N) is 1. The number of carboxylic acids is 1. The molecule has 0 fully saturated rings. The Morgan fingerprint density at radius 3 is 2.43 bits per heavy atom. The Hall–Kier alpha value is -1.57. The predicted octanol–water partition coefficient (Wildman–Crippen LogP) is 1.49. The van der Waals surface area contributed by atoms with Gasteiger partial charge in [-0.2, -0.15) is 0 Å². The normalized spacial score (nSPS) is 11.8. The third-order valence-electron chi connectivity index (χ3n) is 2.42. The quantitative estimate of drug-likeness (QED) is 0.714. The lowest BCUT2D eigenvalue weighted by Crippen LogP contribution is -2.41. The molecule has 4 N–H and O–H groups in total. The molecule has 0 saturated carbocycles. The van der Waals surface area contributed by atoms with Crippen molar-refractivity contribution in [1.82, 2.24) is 10.3 Å². The van der Waals surface area contributed by atoms with E-state index in [1.165, 1.54) is 0 Å². The molecule has 114 valence electrons.